The molecule has 1 heterocycles. The fourth-order valence-corrected chi connectivity index (χ4v) is 5.23. The van der Waals surface area contributed by atoms with Crippen molar-refractivity contribution in [1.82, 2.24) is 9.55 Å². The highest BCUT2D eigenvalue weighted by Gasteiger charge is 2.23. The maximum atomic E-state index is 12.8. The van der Waals surface area contributed by atoms with Gasteiger partial charge in [-0.1, -0.05) is 42.4 Å². The fraction of sp³-hybridized carbons (Fsp3) is 0.360. The maximum Gasteiger partial charge on any atom is 0.309 e. The Balaban J connectivity index is 1.78. The Morgan fingerprint density at radius 3 is 2.71 bits per heavy atom. The van der Waals surface area contributed by atoms with Gasteiger partial charge in [0.2, 0.25) is 0 Å². The van der Waals surface area contributed by atoms with Crippen LogP contribution >= 0.6 is 27.7 Å². The number of ether oxygens (including phenoxy) is 1. The van der Waals surface area contributed by atoms with Gasteiger partial charge >= 0.3 is 5.97 Å². The number of rotatable bonds is 12. The van der Waals surface area contributed by atoms with Gasteiger partial charge in [-0.3, -0.25) is 14.2 Å². The number of ketones is 1. The summed E-state index contributed by atoms with van der Waals surface area (Å²) < 4.78 is 7.83. The molecule has 1 aromatic heterocycles. The molecule has 3 aromatic rings. The van der Waals surface area contributed by atoms with Gasteiger partial charge in [0.25, 0.3) is 0 Å². The average molecular weight is 543 g/mol. The third-order valence-corrected chi connectivity index (χ3v) is 6.98. The molecule has 0 aliphatic heterocycles. The Morgan fingerprint density at radius 2 is 2.00 bits per heavy atom. The number of nitrogens with zero attached hydrogens (tertiary/aromatic N) is 3. The second kappa shape index (κ2) is 12.7. The van der Waals surface area contributed by atoms with Crippen LogP contribution in [-0.2, 0) is 14.3 Å². The molecular weight excluding hydrogens is 516 g/mol. The summed E-state index contributed by atoms with van der Waals surface area (Å²) in [4.78, 5) is 29.6. The third kappa shape index (κ3) is 6.26. The van der Waals surface area contributed by atoms with E-state index in [0.717, 1.165) is 33.9 Å². The van der Waals surface area contributed by atoms with Crippen LogP contribution in [0.1, 0.15) is 38.2 Å². The average Bonchev–Trinajstić information content (AvgIpc) is 3.21. The summed E-state index contributed by atoms with van der Waals surface area (Å²) in [6.07, 6.45) is 4.00. The lowest BCUT2D eigenvalue weighted by atomic mass is 9.96. The van der Waals surface area contributed by atoms with Crippen LogP contribution in [0.3, 0.4) is 0 Å². The first-order valence-electron chi connectivity index (χ1n) is 11.2. The third-order valence-electron chi connectivity index (χ3n) is 5.41. The lowest BCUT2D eigenvalue weighted by Crippen LogP contribution is -2.22. The second-order valence-electron chi connectivity index (χ2n) is 7.75. The zero-order valence-corrected chi connectivity index (χ0v) is 21.4. The van der Waals surface area contributed by atoms with Crippen molar-refractivity contribution >= 4 is 50.2 Å². The molecule has 34 heavy (non-hydrogen) atoms. The van der Waals surface area contributed by atoms with E-state index in [-0.39, 0.29) is 23.9 Å². The molecule has 2 N–H and O–H groups in total. The smallest absolute Gasteiger partial charge is 0.309 e. The van der Waals surface area contributed by atoms with Gasteiger partial charge in [0.15, 0.2) is 5.16 Å². The molecule has 0 fully saturated rings. The van der Waals surface area contributed by atoms with Crippen molar-refractivity contribution in [2.24, 2.45) is 11.7 Å². The summed E-state index contributed by atoms with van der Waals surface area (Å²) in [6, 6.07) is 13.6. The summed E-state index contributed by atoms with van der Waals surface area (Å²) in [7, 11) is 0. The van der Waals surface area contributed by atoms with E-state index < -0.39 is 5.92 Å². The molecule has 178 valence electrons. The van der Waals surface area contributed by atoms with Crippen molar-refractivity contribution in [2.75, 3.05) is 18.9 Å². The predicted molar refractivity (Wildman–Crippen MR) is 137 cm³/mol. The van der Waals surface area contributed by atoms with Crippen LogP contribution in [0, 0.1) is 17.2 Å². The number of hydrogen-bond donors (Lipinski definition) is 1. The Morgan fingerprint density at radius 1 is 1.24 bits per heavy atom. The number of aromatic nitrogens is 2. The van der Waals surface area contributed by atoms with Crippen molar-refractivity contribution < 1.29 is 14.3 Å². The van der Waals surface area contributed by atoms with E-state index in [9.17, 15) is 14.9 Å². The van der Waals surface area contributed by atoms with Crippen LogP contribution in [-0.4, -0.2) is 40.2 Å². The predicted octanol–water partition coefficient (Wildman–Crippen LogP) is 5.02. The second-order valence-corrected chi connectivity index (χ2v) is 9.51. The van der Waals surface area contributed by atoms with E-state index in [1.807, 2.05) is 34.9 Å². The number of benzene rings is 2. The first kappa shape index (κ1) is 25.9. The number of thioether (sulfide) groups is 1. The van der Waals surface area contributed by atoms with Gasteiger partial charge in [0, 0.05) is 17.2 Å². The van der Waals surface area contributed by atoms with Gasteiger partial charge < -0.3 is 10.5 Å². The number of nitrogens with two attached hydrogens (primary N) is 1. The molecule has 3 rings (SSSR count). The Hall–Kier alpha value is -2.67. The molecule has 0 saturated heterocycles. The Kier molecular flexibility index (Phi) is 9.69. The minimum atomic E-state index is -0.450. The number of unbranched alkanes of at least 4 members (excludes halogenated alkanes) is 1. The molecule has 0 amide bonds. The largest absolute Gasteiger partial charge is 0.466 e. The Bertz CT molecular complexity index is 1200. The zero-order valence-electron chi connectivity index (χ0n) is 19.0. The molecule has 0 saturated carbocycles. The SMILES string of the molecule is CCOC(=O)C(CCCCN)CC(=O)CSc1ncc(Br)n1-c1ccc(C#N)c2ccccc12. The van der Waals surface area contributed by atoms with Crippen LogP contribution in [0.15, 0.2) is 52.4 Å². The van der Waals surface area contributed by atoms with Crippen molar-refractivity contribution in [2.45, 2.75) is 37.8 Å². The summed E-state index contributed by atoms with van der Waals surface area (Å²) in [5, 5.41) is 11.9. The van der Waals surface area contributed by atoms with Gasteiger partial charge in [-0.15, -0.1) is 0 Å². The maximum absolute atomic E-state index is 12.8. The van der Waals surface area contributed by atoms with Gasteiger partial charge in [0.05, 0.1) is 41.8 Å². The van der Waals surface area contributed by atoms with E-state index in [4.69, 9.17) is 10.5 Å². The number of imidazole rings is 1. The van der Waals surface area contributed by atoms with E-state index in [2.05, 4.69) is 27.0 Å². The van der Waals surface area contributed by atoms with Gasteiger partial charge in [-0.05, 0) is 54.4 Å². The molecular formula is C25H27BrN4O3S. The number of esters is 1. The summed E-state index contributed by atoms with van der Waals surface area (Å²) in [5.74, 6) is -0.629. The van der Waals surface area contributed by atoms with Crippen molar-refractivity contribution in [3.05, 3.63) is 52.8 Å². The first-order valence-corrected chi connectivity index (χ1v) is 12.9. The van der Waals surface area contributed by atoms with Crippen LogP contribution in [0.2, 0.25) is 0 Å². The minimum Gasteiger partial charge on any atom is -0.466 e. The molecule has 2 aromatic carbocycles. The lowest BCUT2D eigenvalue weighted by Gasteiger charge is -2.15. The normalized spacial score (nSPS) is 11.8. The zero-order chi connectivity index (χ0) is 24.5. The van der Waals surface area contributed by atoms with Gasteiger partial charge in [-0.25, -0.2) is 4.98 Å². The van der Waals surface area contributed by atoms with E-state index in [1.54, 1.807) is 19.2 Å². The summed E-state index contributed by atoms with van der Waals surface area (Å²) in [5.41, 5.74) is 7.02. The first-order chi connectivity index (χ1) is 16.5. The number of hydrogen-bond acceptors (Lipinski definition) is 7. The monoisotopic (exact) mass is 542 g/mol. The van der Waals surface area contributed by atoms with Crippen LogP contribution in [0.5, 0.6) is 0 Å². The van der Waals surface area contributed by atoms with Crippen LogP contribution in [0.25, 0.3) is 16.5 Å². The highest BCUT2D eigenvalue weighted by molar-refractivity contribution is 9.10. The highest BCUT2D eigenvalue weighted by atomic mass is 79.9. The molecule has 0 aliphatic rings. The quantitative estimate of drug-likeness (QED) is 0.194. The van der Waals surface area contributed by atoms with Crippen molar-refractivity contribution in [3.8, 4) is 11.8 Å². The molecule has 0 radical (unpaired) electrons. The number of Topliss-reactive ketones (excluding diaryl/α,β-unsaturated/α-hetero) is 1. The lowest BCUT2D eigenvalue weighted by molar-refractivity contribution is -0.149. The molecule has 0 bridgehead atoms. The Labute approximate surface area is 211 Å². The number of nitriles is 1. The van der Waals surface area contributed by atoms with E-state index >= 15 is 0 Å². The van der Waals surface area contributed by atoms with E-state index in [0.29, 0.717) is 30.3 Å². The minimum absolute atomic E-state index is 0.0360. The summed E-state index contributed by atoms with van der Waals surface area (Å²) >= 11 is 4.88. The molecule has 9 heteroatoms. The standard InChI is InChI=1S/C25H27BrN4O3S/c1-2-33-24(32)17(7-5-6-12-27)13-19(31)16-34-25-29-15-23(26)30(25)22-11-10-18(14-28)20-8-3-4-9-21(20)22/h3-4,8-11,15,17H,2,5-7,12-13,16,27H2,1H3. The number of carbonyl (C=O) groups excluding carboxylic acids is 2. The molecule has 0 spiro atoms. The number of halogens is 1. The number of fused-ring (bicyclic) bond motifs is 1. The highest BCUT2D eigenvalue weighted by Crippen LogP contribution is 2.32. The topological polar surface area (TPSA) is 111 Å². The molecule has 1 unspecified atom stereocenters. The molecule has 7 nitrogen and oxygen atoms in total. The summed E-state index contributed by atoms with van der Waals surface area (Å²) in [6.45, 7) is 2.61. The van der Waals surface area contributed by atoms with Crippen molar-refractivity contribution in [3.63, 3.8) is 0 Å². The van der Waals surface area contributed by atoms with Crippen molar-refractivity contribution in [1.29, 1.82) is 5.26 Å². The fourth-order valence-electron chi connectivity index (χ4n) is 3.79. The van der Waals surface area contributed by atoms with Crippen LogP contribution < -0.4 is 5.73 Å². The van der Waals surface area contributed by atoms with Crippen LogP contribution in [0.4, 0.5) is 0 Å². The molecule has 1 atom stereocenters. The number of carbonyl (C=O) groups is 2. The van der Waals surface area contributed by atoms with Gasteiger partial charge in [0.1, 0.15) is 10.4 Å². The van der Waals surface area contributed by atoms with E-state index in [1.165, 1.54) is 11.8 Å². The molecule has 0 aliphatic carbocycles. The van der Waals surface area contributed by atoms with Gasteiger partial charge in [-0.2, -0.15) is 5.26 Å².